The molecule has 4 heteroatoms. The Hall–Kier alpha value is -1.19. The molecule has 1 heterocycles. The van der Waals surface area contributed by atoms with E-state index in [1.165, 1.54) is 12.8 Å². The van der Waals surface area contributed by atoms with Crippen molar-refractivity contribution >= 4 is 11.5 Å². The van der Waals surface area contributed by atoms with E-state index in [1.807, 2.05) is 11.6 Å². The van der Waals surface area contributed by atoms with Gasteiger partial charge in [0, 0.05) is 19.6 Å². The summed E-state index contributed by atoms with van der Waals surface area (Å²) in [7, 11) is 2.12. The quantitative estimate of drug-likeness (QED) is 0.820. The van der Waals surface area contributed by atoms with Gasteiger partial charge in [0.05, 0.1) is 11.4 Å². The molecule has 0 radical (unpaired) electrons. The van der Waals surface area contributed by atoms with Crippen molar-refractivity contribution in [1.29, 1.82) is 0 Å². The fourth-order valence-electron chi connectivity index (χ4n) is 1.96. The highest BCUT2D eigenvalue weighted by atomic mass is 15.4. The van der Waals surface area contributed by atoms with E-state index in [1.54, 1.807) is 0 Å². The van der Waals surface area contributed by atoms with E-state index < -0.39 is 0 Å². The summed E-state index contributed by atoms with van der Waals surface area (Å²) in [6.45, 7) is 5.09. The SMILES string of the molecule is CCCn1nc(C)c(N)c1N(C)C1CC1. The van der Waals surface area contributed by atoms with Crippen LogP contribution >= 0.6 is 0 Å². The largest absolute Gasteiger partial charge is 0.394 e. The molecule has 0 atom stereocenters. The highest BCUT2D eigenvalue weighted by Gasteiger charge is 2.30. The van der Waals surface area contributed by atoms with Gasteiger partial charge in [-0.15, -0.1) is 0 Å². The maximum atomic E-state index is 6.08. The topological polar surface area (TPSA) is 47.1 Å². The molecule has 84 valence electrons. The maximum absolute atomic E-state index is 6.08. The smallest absolute Gasteiger partial charge is 0.150 e. The molecule has 4 nitrogen and oxygen atoms in total. The van der Waals surface area contributed by atoms with Crippen molar-refractivity contribution in [3.8, 4) is 0 Å². The van der Waals surface area contributed by atoms with Gasteiger partial charge in [0.25, 0.3) is 0 Å². The molecule has 2 rings (SSSR count). The summed E-state index contributed by atoms with van der Waals surface area (Å²) in [4.78, 5) is 2.28. The van der Waals surface area contributed by atoms with Crippen LogP contribution in [0.25, 0.3) is 0 Å². The van der Waals surface area contributed by atoms with Gasteiger partial charge in [0.2, 0.25) is 0 Å². The molecule has 0 aliphatic heterocycles. The van der Waals surface area contributed by atoms with E-state index in [0.717, 1.165) is 30.2 Å². The first-order valence-electron chi connectivity index (χ1n) is 5.70. The van der Waals surface area contributed by atoms with E-state index in [-0.39, 0.29) is 0 Å². The molecule has 1 aliphatic carbocycles. The fourth-order valence-corrected chi connectivity index (χ4v) is 1.96. The number of aromatic nitrogens is 2. The normalized spacial score (nSPS) is 15.7. The van der Waals surface area contributed by atoms with Crippen LogP contribution in [0.4, 0.5) is 11.5 Å². The lowest BCUT2D eigenvalue weighted by molar-refractivity contribution is 0.591. The molecular weight excluding hydrogens is 188 g/mol. The Labute approximate surface area is 91.1 Å². The van der Waals surface area contributed by atoms with Gasteiger partial charge in [0.15, 0.2) is 5.82 Å². The van der Waals surface area contributed by atoms with Gasteiger partial charge < -0.3 is 10.6 Å². The van der Waals surface area contributed by atoms with Crippen molar-refractivity contribution in [2.24, 2.45) is 0 Å². The molecule has 0 bridgehead atoms. The number of rotatable bonds is 4. The van der Waals surface area contributed by atoms with E-state index in [9.17, 15) is 0 Å². The number of nitrogen functional groups attached to an aromatic ring is 1. The highest BCUT2D eigenvalue weighted by molar-refractivity contribution is 5.66. The summed E-state index contributed by atoms with van der Waals surface area (Å²) < 4.78 is 2.04. The number of hydrogen-bond donors (Lipinski definition) is 1. The molecule has 1 aromatic heterocycles. The molecule has 1 saturated carbocycles. The first-order chi connectivity index (χ1) is 7.15. The lowest BCUT2D eigenvalue weighted by atomic mass is 10.3. The summed E-state index contributed by atoms with van der Waals surface area (Å²) >= 11 is 0. The third kappa shape index (κ3) is 1.80. The van der Waals surface area contributed by atoms with Crippen molar-refractivity contribution < 1.29 is 0 Å². The van der Waals surface area contributed by atoms with Gasteiger partial charge >= 0.3 is 0 Å². The molecule has 2 N–H and O–H groups in total. The molecule has 0 unspecified atom stereocenters. The van der Waals surface area contributed by atoms with Crippen molar-refractivity contribution in [3.05, 3.63) is 5.69 Å². The second-order valence-corrected chi connectivity index (χ2v) is 4.39. The Morgan fingerprint density at radius 1 is 1.53 bits per heavy atom. The van der Waals surface area contributed by atoms with Crippen LogP contribution in [-0.4, -0.2) is 22.9 Å². The summed E-state index contributed by atoms with van der Waals surface area (Å²) in [5.41, 5.74) is 7.87. The van der Waals surface area contributed by atoms with Crippen LogP contribution in [0.2, 0.25) is 0 Å². The zero-order valence-electron chi connectivity index (χ0n) is 9.82. The van der Waals surface area contributed by atoms with Crippen LogP contribution in [0, 0.1) is 6.92 Å². The second kappa shape index (κ2) is 3.76. The predicted octanol–water partition coefficient (Wildman–Crippen LogP) is 1.78. The highest BCUT2D eigenvalue weighted by Crippen LogP contribution is 2.34. The van der Waals surface area contributed by atoms with Crippen LogP contribution in [-0.2, 0) is 6.54 Å². The van der Waals surface area contributed by atoms with Crippen LogP contribution in [0.3, 0.4) is 0 Å². The Morgan fingerprint density at radius 2 is 2.20 bits per heavy atom. The molecule has 0 saturated heterocycles. The fraction of sp³-hybridized carbons (Fsp3) is 0.727. The molecule has 15 heavy (non-hydrogen) atoms. The molecule has 0 amide bonds. The molecule has 0 aromatic carbocycles. The van der Waals surface area contributed by atoms with E-state index in [2.05, 4.69) is 24.0 Å². The van der Waals surface area contributed by atoms with Gasteiger partial charge in [-0.2, -0.15) is 5.10 Å². The minimum absolute atomic E-state index is 0.680. The summed E-state index contributed by atoms with van der Waals surface area (Å²) in [5.74, 6) is 1.11. The third-order valence-corrected chi connectivity index (χ3v) is 3.01. The Morgan fingerprint density at radius 3 is 2.73 bits per heavy atom. The van der Waals surface area contributed by atoms with E-state index in [4.69, 9.17) is 5.73 Å². The van der Waals surface area contributed by atoms with Crippen LogP contribution in [0.5, 0.6) is 0 Å². The number of nitrogens with two attached hydrogens (primary N) is 1. The van der Waals surface area contributed by atoms with Gasteiger partial charge in [0.1, 0.15) is 0 Å². The van der Waals surface area contributed by atoms with Gasteiger partial charge in [-0.1, -0.05) is 6.92 Å². The third-order valence-electron chi connectivity index (χ3n) is 3.01. The van der Waals surface area contributed by atoms with Gasteiger partial charge in [-0.25, -0.2) is 4.68 Å². The molecule has 1 aromatic rings. The average Bonchev–Trinajstić information content (AvgIpc) is 2.97. The van der Waals surface area contributed by atoms with Crippen LogP contribution in [0.1, 0.15) is 31.9 Å². The molecule has 1 fully saturated rings. The van der Waals surface area contributed by atoms with Crippen LogP contribution < -0.4 is 10.6 Å². The Bertz CT molecular complexity index is 352. The number of nitrogens with zero attached hydrogens (tertiary/aromatic N) is 3. The van der Waals surface area contributed by atoms with Crippen molar-refractivity contribution in [2.45, 2.75) is 45.7 Å². The van der Waals surface area contributed by atoms with Gasteiger partial charge in [-0.05, 0) is 26.2 Å². The molecule has 0 spiro atoms. The maximum Gasteiger partial charge on any atom is 0.150 e. The lowest BCUT2D eigenvalue weighted by Gasteiger charge is -2.20. The second-order valence-electron chi connectivity index (χ2n) is 4.39. The monoisotopic (exact) mass is 208 g/mol. The van der Waals surface area contributed by atoms with E-state index >= 15 is 0 Å². The zero-order valence-corrected chi connectivity index (χ0v) is 9.82. The number of aryl methyl sites for hydroxylation is 2. The van der Waals surface area contributed by atoms with Crippen molar-refractivity contribution in [2.75, 3.05) is 17.7 Å². The Balaban J connectivity index is 2.32. The minimum atomic E-state index is 0.680. The number of anilines is 2. The first kappa shape index (κ1) is 10.3. The van der Waals surface area contributed by atoms with Crippen molar-refractivity contribution in [1.82, 2.24) is 9.78 Å². The molecular formula is C11H20N4. The number of hydrogen-bond acceptors (Lipinski definition) is 3. The summed E-state index contributed by atoms with van der Waals surface area (Å²) in [6.07, 6.45) is 3.66. The zero-order chi connectivity index (χ0) is 11.0. The van der Waals surface area contributed by atoms with Crippen molar-refractivity contribution in [3.63, 3.8) is 0 Å². The first-order valence-corrected chi connectivity index (χ1v) is 5.70. The Kier molecular flexibility index (Phi) is 2.59. The predicted molar refractivity (Wildman–Crippen MR) is 63.1 cm³/mol. The lowest BCUT2D eigenvalue weighted by Crippen LogP contribution is -2.24. The average molecular weight is 208 g/mol. The van der Waals surface area contributed by atoms with E-state index in [0.29, 0.717) is 6.04 Å². The summed E-state index contributed by atoms with van der Waals surface area (Å²) in [6, 6.07) is 0.680. The summed E-state index contributed by atoms with van der Waals surface area (Å²) in [5, 5.41) is 4.48. The van der Waals surface area contributed by atoms with Gasteiger partial charge in [-0.3, -0.25) is 0 Å². The standard InChI is InChI=1S/C11H20N4/c1-4-7-15-11(10(12)8(2)13-15)14(3)9-5-6-9/h9H,4-7,12H2,1-3H3. The minimum Gasteiger partial charge on any atom is -0.394 e. The molecule has 1 aliphatic rings. The van der Waals surface area contributed by atoms with Crippen LogP contribution in [0.15, 0.2) is 0 Å².